The lowest BCUT2D eigenvalue weighted by atomic mass is 10.1. The molecule has 0 saturated heterocycles. The van der Waals surface area contributed by atoms with E-state index < -0.39 is 0 Å². The van der Waals surface area contributed by atoms with Crippen LogP contribution in [0.2, 0.25) is 0 Å². The van der Waals surface area contributed by atoms with Crippen LogP contribution in [0.5, 0.6) is 11.5 Å². The Morgan fingerprint density at radius 2 is 1.81 bits per heavy atom. The van der Waals surface area contributed by atoms with Gasteiger partial charge in [-0.1, -0.05) is 13.0 Å². The van der Waals surface area contributed by atoms with Crippen LogP contribution in [0.25, 0.3) is 0 Å². The fraction of sp³-hybridized carbons (Fsp3) is 0.625. The Hall–Kier alpha value is -1.30. The monoisotopic (exact) mass is 297 g/mol. The van der Waals surface area contributed by atoms with E-state index in [0.29, 0.717) is 26.4 Å². The largest absolute Gasteiger partial charge is 0.493 e. The maximum absolute atomic E-state index is 5.69. The summed E-state index contributed by atoms with van der Waals surface area (Å²) in [5.41, 5.74) is 1.18. The number of nitrogens with one attached hydrogen (secondary N) is 1. The smallest absolute Gasteiger partial charge is 0.161 e. The van der Waals surface area contributed by atoms with Crippen LogP contribution in [0.4, 0.5) is 0 Å². The van der Waals surface area contributed by atoms with Gasteiger partial charge in [0.15, 0.2) is 11.5 Å². The van der Waals surface area contributed by atoms with Gasteiger partial charge in [0, 0.05) is 13.2 Å². The highest BCUT2D eigenvalue weighted by atomic mass is 16.5. The second-order valence-corrected chi connectivity index (χ2v) is 4.64. The van der Waals surface area contributed by atoms with Crippen LogP contribution >= 0.6 is 0 Å². The molecule has 5 heteroatoms. The molecule has 21 heavy (non-hydrogen) atoms. The Morgan fingerprint density at radius 1 is 1.05 bits per heavy atom. The van der Waals surface area contributed by atoms with Crippen LogP contribution < -0.4 is 14.8 Å². The molecule has 1 unspecified atom stereocenters. The van der Waals surface area contributed by atoms with Crippen LogP contribution in [0.3, 0.4) is 0 Å². The zero-order valence-electron chi connectivity index (χ0n) is 13.5. The highest BCUT2D eigenvalue weighted by Gasteiger charge is 2.09. The Morgan fingerprint density at radius 3 is 2.48 bits per heavy atom. The number of hydrogen-bond donors (Lipinski definition) is 1. The quantitative estimate of drug-likeness (QED) is 0.636. The second kappa shape index (κ2) is 10.4. The lowest BCUT2D eigenvalue weighted by Crippen LogP contribution is -2.17. The van der Waals surface area contributed by atoms with Crippen molar-refractivity contribution in [1.29, 1.82) is 0 Å². The predicted octanol–water partition coefficient (Wildman–Crippen LogP) is 2.41. The Kier molecular flexibility index (Phi) is 8.82. The summed E-state index contributed by atoms with van der Waals surface area (Å²) in [5, 5.41) is 3.38. The van der Waals surface area contributed by atoms with Crippen LogP contribution in [0.1, 0.15) is 25.5 Å². The third kappa shape index (κ3) is 6.33. The van der Waals surface area contributed by atoms with Crippen molar-refractivity contribution < 1.29 is 18.9 Å². The Labute approximate surface area is 127 Å². The fourth-order valence-electron chi connectivity index (χ4n) is 1.95. The van der Waals surface area contributed by atoms with Crippen molar-refractivity contribution in [2.24, 2.45) is 0 Å². The highest BCUT2D eigenvalue weighted by Crippen LogP contribution is 2.30. The molecule has 0 spiro atoms. The third-order valence-corrected chi connectivity index (χ3v) is 3.12. The van der Waals surface area contributed by atoms with Gasteiger partial charge in [-0.05, 0) is 31.2 Å². The zero-order valence-corrected chi connectivity index (χ0v) is 13.5. The summed E-state index contributed by atoms with van der Waals surface area (Å²) in [5.74, 6) is 1.48. The number of ether oxygens (including phenoxy) is 4. The molecule has 0 amide bonds. The first-order valence-corrected chi connectivity index (χ1v) is 7.33. The third-order valence-electron chi connectivity index (χ3n) is 3.12. The summed E-state index contributed by atoms with van der Waals surface area (Å²) in [6.07, 6.45) is 0. The molecule has 0 aliphatic heterocycles. The van der Waals surface area contributed by atoms with Crippen molar-refractivity contribution in [1.82, 2.24) is 5.32 Å². The number of methoxy groups -OCH3 is 2. The van der Waals surface area contributed by atoms with Crippen molar-refractivity contribution in [3.63, 3.8) is 0 Å². The minimum Gasteiger partial charge on any atom is -0.493 e. The normalized spacial score (nSPS) is 12.2. The lowest BCUT2D eigenvalue weighted by Gasteiger charge is -2.16. The molecule has 0 aromatic heterocycles. The van der Waals surface area contributed by atoms with Crippen molar-refractivity contribution in [3.8, 4) is 11.5 Å². The van der Waals surface area contributed by atoms with Gasteiger partial charge in [0.25, 0.3) is 0 Å². The number of benzene rings is 1. The van der Waals surface area contributed by atoms with E-state index in [1.54, 1.807) is 14.2 Å². The van der Waals surface area contributed by atoms with E-state index in [-0.39, 0.29) is 6.04 Å². The molecule has 0 radical (unpaired) electrons. The van der Waals surface area contributed by atoms with Gasteiger partial charge in [0.1, 0.15) is 6.61 Å². The van der Waals surface area contributed by atoms with Gasteiger partial charge in [-0.2, -0.15) is 0 Å². The molecular weight excluding hydrogens is 270 g/mol. The van der Waals surface area contributed by atoms with Crippen LogP contribution in [0.15, 0.2) is 18.2 Å². The van der Waals surface area contributed by atoms with E-state index in [4.69, 9.17) is 18.9 Å². The van der Waals surface area contributed by atoms with Crippen molar-refractivity contribution in [3.05, 3.63) is 23.8 Å². The van der Waals surface area contributed by atoms with Crippen molar-refractivity contribution in [2.45, 2.75) is 19.9 Å². The average molecular weight is 297 g/mol. The van der Waals surface area contributed by atoms with Crippen LogP contribution in [-0.2, 0) is 9.47 Å². The molecule has 1 rings (SSSR count). The first-order valence-electron chi connectivity index (χ1n) is 7.33. The van der Waals surface area contributed by atoms with E-state index in [2.05, 4.69) is 25.2 Å². The molecule has 0 saturated carbocycles. The molecule has 5 nitrogen and oxygen atoms in total. The molecule has 0 heterocycles. The summed E-state index contributed by atoms with van der Waals surface area (Å²) < 4.78 is 21.4. The summed E-state index contributed by atoms with van der Waals surface area (Å²) in [6, 6.07) is 6.29. The first-order chi connectivity index (χ1) is 10.2. The van der Waals surface area contributed by atoms with Gasteiger partial charge >= 0.3 is 0 Å². The van der Waals surface area contributed by atoms with Gasteiger partial charge in [0.2, 0.25) is 0 Å². The van der Waals surface area contributed by atoms with Crippen molar-refractivity contribution >= 4 is 0 Å². The lowest BCUT2D eigenvalue weighted by molar-refractivity contribution is 0.0540. The molecular formula is C16H27NO4. The predicted molar refractivity (Wildman–Crippen MR) is 83.3 cm³/mol. The minimum atomic E-state index is 0.287. The van der Waals surface area contributed by atoms with E-state index in [9.17, 15) is 0 Å². The summed E-state index contributed by atoms with van der Waals surface area (Å²) in [7, 11) is 3.31. The first kappa shape index (κ1) is 17.8. The van der Waals surface area contributed by atoms with Gasteiger partial charge in [-0.3, -0.25) is 0 Å². The van der Waals surface area contributed by atoms with Gasteiger partial charge in [-0.15, -0.1) is 0 Å². The fourth-order valence-corrected chi connectivity index (χ4v) is 1.95. The van der Waals surface area contributed by atoms with E-state index in [0.717, 1.165) is 18.0 Å². The summed E-state index contributed by atoms with van der Waals surface area (Å²) in [6.45, 7) is 7.35. The molecule has 0 fully saturated rings. The molecule has 0 aliphatic carbocycles. The topological polar surface area (TPSA) is 49.0 Å². The van der Waals surface area contributed by atoms with Gasteiger partial charge < -0.3 is 24.3 Å². The molecule has 1 aromatic carbocycles. The SMILES string of the molecule is CCNC(C)c1ccc(OCCOCCOC)c(OC)c1. The molecule has 1 aromatic rings. The van der Waals surface area contributed by atoms with E-state index in [1.165, 1.54) is 5.56 Å². The molecule has 1 N–H and O–H groups in total. The zero-order chi connectivity index (χ0) is 15.5. The van der Waals surface area contributed by atoms with Crippen LogP contribution in [-0.4, -0.2) is 47.2 Å². The average Bonchev–Trinajstić information content (AvgIpc) is 2.51. The van der Waals surface area contributed by atoms with E-state index >= 15 is 0 Å². The highest BCUT2D eigenvalue weighted by molar-refractivity contribution is 5.43. The molecule has 120 valence electrons. The standard InChI is InChI=1S/C16H27NO4/c1-5-17-13(2)14-6-7-15(16(12-14)19-4)21-11-10-20-9-8-18-3/h6-7,12-13,17H,5,8-11H2,1-4H3. The number of rotatable bonds is 11. The number of hydrogen-bond acceptors (Lipinski definition) is 5. The van der Waals surface area contributed by atoms with Crippen molar-refractivity contribution in [2.75, 3.05) is 47.2 Å². The molecule has 0 bridgehead atoms. The molecule has 0 aliphatic rings. The van der Waals surface area contributed by atoms with Crippen LogP contribution in [0, 0.1) is 0 Å². The minimum absolute atomic E-state index is 0.287. The maximum Gasteiger partial charge on any atom is 0.161 e. The summed E-state index contributed by atoms with van der Waals surface area (Å²) >= 11 is 0. The van der Waals surface area contributed by atoms with Gasteiger partial charge in [0.05, 0.1) is 26.9 Å². The molecule has 1 atom stereocenters. The maximum atomic E-state index is 5.69. The summed E-state index contributed by atoms with van der Waals surface area (Å²) in [4.78, 5) is 0. The Balaban J connectivity index is 2.50. The van der Waals surface area contributed by atoms with Gasteiger partial charge in [-0.25, -0.2) is 0 Å². The second-order valence-electron chi connectivity index (χ2n) is 4.64. The Bertz CT molecular complexity index is 398. The van der Waals surface area contributed by atoms with E-state index in [1.807, 2.05) is 12.1 Å².